The number of nitrogens with two attached hydrogens (primary N) is 1. The van der Waals surface area contributed by atoms with Gasteiger partial charge in [-0.15, -0.1) is 0 Å². The summed E-state index contributed by atoms with van der Waals surface area (Å²) in [6.07, 6.45) is 4.04. The van der Waals surface area contributed by atoms with Crippen molar-refractivity contribution in [2.75, 3.05) is 7.11 Å². The van der Waals surface area contributed by atoms with Crippen LogP contribution in [0.4, 0.5) is 0 Å². The molecule has 2 aromatic heterocycles. The molecule has 0 aliphatic heterocycles. The fourth-order valence-electron chi connectivity index (χ4n) is 2.95. The second-order valence-electron chi connectivity index (χ2n) is 5.89. The number of ether oxygens (including phenoxy) is 1. The van der Waals surface area contributed by atoms with Crippen molar-refractivity contribution in [3.8, 4) is 11.6 Å². The van der Waals surface area contributed by atoms with Crippen LogP contribution in [0, 0.1) is 5.92 Å². The van der Waals surface area contributed by atoms with Crippen molar-refractivity contribution in [1.29, 1.82) is 0 Å². The lowest BCUT2D eigenvalue weighted by Crippen LogP contribution is -2.42. The van der Waals surface area contributed by atoms with Crippen molar-refractivity contribution < 1.29 is 13.8 Å². The molecule has 7 heteroatoms. The molecule has 3 rings (SSSR count). The van der Waals surface area contributed by atoms with Crippen LogP contribution in [-0.2, 0) is 16.9 Å². The average Bonchev–Trinajstić information content (AvgIpc) is 3.07. The van der Waals surface area contributed by atoms with Crippen LogP contribution in [0.25, 0.3) is 11.6 Å². The van der Waals surface area contributed by atoms with Gasteiger partial charge in [-0.25, -0.2) is 0 Å². The van der Waals surface area contributed by atoms with E-state index in [2.05, 4.69) is 22.2 Å². The smallest absolute Gasteiger partial charge is 0.280 e. The Bertz CT molecular complexity index is 609. The molecule has 2 unspecified atom stereocenters. The summed E-state index contributed by atoms with van der Waals surface area (Å²) < 4.78 is 15.4. The molecule has 0 saturated heterocycles. The van der Waals surface area contributed by atoms with Crippen molar-refractivity contribution in [2.24, 2.45) is 11.7 Å². The molecule has 1 fully saturated rings. The summed E-state index contributed by atoms with van der Waals surface area (Å²) in [6.45, 7) is 2.56. The molecule has 0 bridgehead atoms. The summed E-state index contributed by atoms with van der Waals surface area (Å²) in [4.78, 5) is 4.42. The number of hydrogen-bond acceptors (Lipinski definition) is 7. The fraction of sp³-hybridized carbons (Fsp3) is 0.643. The minimum atomic E-state index is -0.501. The topological polar surface area (TPSA) is 100 Å². The normalized spacial score (nSPS) is 26.1. The van der Waals surface area contributed by atoms with Gasteiger partial charge >= 0.3 is 0 Å². The molecule has 2 heterocycles. The lowest BCUT2D eigenvalue weighted by molar-refractivity contribution is 0.156. The van der Waals surface area contributed by atoms with Gasteiger partial charge in [0.25, 0.3) is 5.89 Å². The van der Waals surface area contributed by atoms with Crippen LogP contribution in [0.1, 0.15) is 44.2 Å². The maximum Gasteiger partial charge on any atom is 0.280 e. The van der Waals surface area contributed by atoms with Crippen LogP contribution in [0.5, 0.6) is 0 Å². The second-order valence-corrected chi connectivity index (χ2v) is 5.89. The molecule has 2 atom stereocenters. The van der Waals surface area contributed by atoms with Crippen LogP contribution in [0.3, 0.4) is 0 Å². The van der Waals surface area contributed by atoms with Gasteiger partial charge in [0.15, 0.2) is 17.3 Å². The van der Waals surface area contributed by atoms with Crippen LogP contribution in [0.2, 0.25) is 0 Å². The van der Waals surface area contributed by atoms with Crippen LogP contribution >= 0.6 is 0 Å². The third-order valence-corrected chi connectivity index (χ3v) is 3.97. The standard InChI is InChI=1S/C14H20N4O3/c1-9-4-3-5-14(15,7-9)13-16-12(21-18-13)11-6-10(8-19-2)20-17-11/h6,9H,3-5,7-8,15H2,1-2H3. The molecule has 1 saturated carbocycles. The van der Waals surface area contributed by atoms with Crippen LogP contribution < -0.4 is 5.73 Å². The van der Waals surface area contributed by atoms with E-state index >= 15 is 0 Å². The number of aromatic nitrogens is 3. The van der Waals surface area contributed by atoms with Crippen molar-refractivity contribution in [3.05, 3.63) is 17.7 Å². The summed E-state index contributed by atoms with van der Waals surface area (Å²) in [5, 5.41) is 7.96. The van der Waals surface area contributed by atoms with E-state index in [0.29, 0.717) is 35.7 Å². The molecule has 2 aromatic rings. The molecule has 2 N–H and O–H groups in total. The molecule has 114 valence electrons. The summed E-state index contributed by atoms with van der Waals surface area (Å²) in [5.74, 6) is 2.08. The Morgan fingerprint density at radius 1 is 1.43 bits per heavy atom. The number of methoxy groups -OCH3 is 1. The molecule has 0 radical (unpaired) electrons. The zero-order chi connectivity index (χ0) is 14.9. The molecule has 21 heavy (non-hydrogen) atoms. The Hall–Kier alpha value is -1.73. The zero-order valence-electron chi connectivity index (χ0n) is 12.3. The van der Waals surface area contributed by atoms with Gasteiger partial charge in [-0.05, 0) is 18.8 Å². The number of hydrogen-bond donors (Lipinski definition) is 1. The highest BCUT2D eigenvalue weighted by molar-refractivity contribution is 5.45. The van der Waals surface area contributed by atoms with E-state index in [9.17, 15) is 0 Å². The zero-order valence-corrected chi connectivity index (χ0v) is 12.3. The van der Waals surface area contributed by atoms with E-state index in [1.54, 1.807) is 13.2 Å². The average molecular weight is 292 g/mol. The first-order valence-electron chi connectivity index (χ1n) is 7.19. The van der Waals surface area contributed by atoms with Gasteiger partial charge < -0.3 is 19.5 Å². The Morgan fingerprint density at radius 2 is 2.29 bits per heavy atom. The predicted molar refractivity (Wildman–Crippen MR) is 74.0 cm³/mol. The SMILES string of the molecule is COCc1cc(-c2nc(C3(N)CCCC(C)C3)no2)no1. The van der Waals surface area contributed by atoms with Gasteiger partial charge in [-0.1, -0.05) is 30.1 Å². The predicted octanol–water partition coefficient (Wildman–Crippen LogP) is 2.24. The molecule has 1 aliphatic rings. The largest absolute Gasteiger partial charge is 0.377 e. The lowest BCUT2D eigenvalue weighted by atomic mass is 9.76. The second kappa shape index (κ2) is 5.57. The minimum absolute atomic E-state index is 0.333. The molecule has 0 spiro atoms. The first kappa shape index (κ1) is 14.2. The van der Waals surface area contributed by atoms with Crippen LogP contribution in [-0.4, -0.2) is 22.4 Å². The van der Waals surface area contributed by atoms with E-state index < -0.39 is 5.54 Å². The minimum Gasteiger partial charge on any atom is -0.377 e. The Morgan fingerprint density at radius 3 is 3.05 bits per heavy atom. The maximum absolute atomic E-state index is 6.47. The first-order chi connectivity index (χ1) is 10.1. The first-order valence-corrected chi connectivity index (χ1v) is 7.19. The molecule has 0 amide bonds. The lowest BCUT2D eigenvalue weighted by Gasteiger charge is -2.33. The third-order valence-electron chi connectivity index (χ3n) is 3.97. The van der Waals surface area contributed by atoms with Gasteiger partial charge in [-0.3, -0.25) is 0 Å². The number of rotatable bonds is 4. The van der Waals surface area contributed by atoms with E-state index in [1.165, 1.54) is 6.42 Å². The van der Waals surface area contributed by atoms with Gasteiger partial charge in [0.05, 0.1) is 5.54 Å². The van der Waals surface area contributed by atoms with Crippen molar-refractivity contribution in [3.63, 3.8) is 0 Å². The van der Waals surface area contributed by atoms with Crippen molar-refractivity contribution in [1.82, 2.24) is 15.3 Å². The molecule has 7 nitrogen and oxygen atoms in total. The molecular formula is C14H20N4O3. The quantitative estimate of drug-likeness (QED) is 0.922. The summed E-state index contributed by atoms with van der Waals surface area (Å²) in [7, 11) is 1.59. The van der Waals surface area contributed by atoms with E-state index in [0.717, 1.165) is 19.3 Å². The molecule has 1 aliphatic carbocycles. The summed E-state index contributed by atoms with van der Waals surface area (Å²) in [5.41, 5.74) is 6.47. The highest BCUT2D eigenvalue weighted by Crippen LogP contribution is 2.37. The van der Waals surface area contributed by atoms with Gasteiger partial charge in [0, 0.05) is 13.2 Å². The fourth-order valence-corrected chi connectivity index (χ4v) is 2.95. The van der Waals surface area contributed by atoms with Crippen molar-refractivity contribution in [2.45, 2.75) is 44.8 Å². The third kappa shape index (κ3) is 2.84. The summed E-state index contributed by atoms with van der Waals surface area (Å²) in [6, 6.07) is 1.73. The van der Waals surface area contributed by atoms with E-state index in [4.69, 9.17) is 19.5 Å². The Labute approximate surface area is 122 Å². The van der Waals surface area contributed by atoms with Gasteiger partial charge in [-0.2, -0.15) is 4.98 Å². The number of nitrogens with zero attached hydrogens (tertiary/aromatic N) is 3. The highest BCUT2D eigenvalue weighted by atomic mass is 16.5. The maximum atomic E-state index is 6.47. The summed E-state index contributed by atoms with van der Waals surface area (Å²) >= 11 is 0. The van der Waals surface area contributed by atoms with Gasteiger partial charge in [0.1, 0.15) is 6.61 Å². The monoisotopic (exact) mass is 292 g/mol. The Kier molecular flexibility index (Phi) is 3.77. The van der Waals surface area contributed by atoms with Gasteiger partial charge in [0.2, 0.25) is 0 Å². The highest BCUT2D eigenvalue weighted by Gasteiger charge is 2.37. The van der Waals surface area contributed by atoms with Crippen molar-refractivity contribution >= 4 is 0 Å². The Balaban J connectivity index is 1.82. The van der Waals surface area contributed by atoms with E-state index in [1.807, 2.05) is 0 Å². The molecular weight excluding hydrogens is 272 g/mol. The molecule has 0 aromatic carbocycles. The van der Waals surface area contributed by atoms with E-state index in [-0.39, 0.29) is 0 Å². The van der Waals surface area contributed by atoms with Crippen LogP contribution in [0.15, 0.2) is 15.1 Å².